The van der Waals surface area contributed by atoms with Crippen molar-refractivity contribution in [2.45, 2.75) is 31.6 Å². The van der Waals surface area contributed by atoms with Gasteiger partial charge in [-0.3, -0.25) is 4.79 Å². The van der Waals surface area contributed by atoms with E-state index in [1.807, 2.05) is 0 Å². The Labute approximate surface area is 113 Å². The minimum Gasteiger partial charge on any atom is -0.344 e. The van der Waals surface area contributed by atoms with E-state index in [2.05, 4.69) is 5.32 Å². The number of nitrogens with one attached hydrogen (secondary N) is 1. The highest BCUT2D eigenvalue weighted by Crippen LogP contribution is 2.34. The van der Waals surface area contributed by atoms with Crippen LogP contribution < -0.4 is 5.32 Å². The van der Waals surface area contributed by atoms with Crippen LogP contribution in [0.4, 0.5) is 13.2 Å². The molecule has 1 atom stereocenters. The minimum absolute atomic E-state index is 0.0463. The van der Waals surface area contributed by atoms with Crippen LogP contribution in [0.5, 0.6) is 0 Å². The van der Waals surface area contributed by atoms with E-state index in [4.69, 9.17) is 0 Å². The predicted octanol–water partition coefficient (Wildman–Crippen LogP) is 2.48. The fourth-order valence-corrected chi connectivity index (χ4v) is 3.03. The van der Waals surface area contributed by atoms with Crippen molar-refractivity contribution in [2.75, 3.05) is 13.6 Å². The van der Waals surface area contributed by atoms with Gasteiger partial charge in [-0.2, -0.15) is 24.5 Å². The Morgan fingerprint density at radius 1 is 1.47 bits per heavy atom. The van der Waals surface area contributed by atoms with Crippen LogP contribution in [-0.2, 0) is 17.5 Å². The minimum atomic E-state index is -4.33. The Hall–Kier alpha value is -1.08. The lowest BCUT2D eigenvalue weighted by atomic mass is 10.0. The summed E-state index contributed by atoms with van der Waals surface area (Å²) in [4.78, 5) is 13.4. The Bertz CT molecular complexity index is 458. The number of hydrogen-bond acceptors (Lipinski definition) is 3. The summed E-state index contributed by atoms with van der Waals surface area (Å²) in [6.45, 7) is 0.784. The molecule has 1 amide bonds. The fourth-order valence-electron chi connectivity index (χ4n) is 2.16. The maximum absolute atomic E-state index is 12.7. The van der Waals surface area contributed by atoms with Crippen molar-refractivity contribution in [1.82, 2.24) is 10.2 Å². The maximum atomic E-state index is 12.7. The predicted molar refractivity (Wildman–Crippen MR) is 66.8 cm³/mol. The summed E-state index contributed by atoms with van der Waals surface area (Å²) >= 11 is 1.03. The fraction of sp³-hybridized carbons (Fsp3) is 0.583. The van der Waals surface area contributed by atoms with Gasteiger partial charge < -0.3 is 10.2 Å². The largest absolute Gasteiger partial charge is 0.417 e. The van der Waals surface area contributed by atoms with E-state index < -0.39 is 11.7 Å². The number of likely N-dealkylation sites (tertiary alicyclic amines) is 1. The van der Waals surface area contributed by atoms with E-state index in [1.165, 1.54) is 5.38 Å². The van der Waals surface area contributed by atoms with Crippen LogP contribution in [-0.4, -0.2) is 30.4 Å². The van der Waals surface area contributed by atoms with Gasteiger partial charge >= 0.3 is 6.18 Å². The summed E-state index contributed by atoms with van der Waals surface area (Å²) in [5, 5.41) is 5.51. The van der Waals surface area contributed by atoms with Gasteiger partial charge in [0.25, 0.3) is 0 Å². The number of nitrogens with zero attached hydrogens (tertiary/aromatic N) is 1. The van der Waals surface area contributed by atoms with E-state index in [-0.39, 0.29) is 24.1 Å². The van der Waals surface area contributed by atoms with Crippen LogP contribution in [0.1, 0.15) is 24.0 Å². The lowest BCUT2D eigenvalue weighted by Crippen LogP contribution is -2.48. The molecule has 1 unspecified atom stereocenters. The molecule has 0 aliphatic carbocycles. The third-order valence-corrected chi connectivity index (χ3v) is 4.04. The molecule has 106 valence electrons. The quantitative estimate of drug-likeness (QED) is 0.928. The van der Waals surface area contributed by atoms with Gasteiger partial charge in [-0.1, -0.05) is 0 Å². The molecule has 0 saturated carbocycles. The van der Waals surface area contributed by atoms with Gasteiger partial charge in [0.1, 0.15) is 0 Å². The van der Waals surface area contributed by atoms with E-state index >= 15 is 0 Å². The van der Waals surface area contributed by atoms with Crippen LogP contribution in [0.2, 0.25) is 0 Å². The Morgan fingerprint density at radius 3 is 2.89 bits per heavy atom. The summed E-state index contributed by atoms with van der Waals surface area (Å²) in [5.74, 6) is -0.0463. The highest BCUT2D eigenvalue weighted by molar-refractivity contribution is 7.08. The van der Waals surface area contributed by atoms with Crippen LogP contribution in [0.25, 0.3) is 0 Å². The highest BCUT2D eigenvalue weighted by atomic mass is 32.1. The number of alkyl halides is 3. The molecule has 1 aromatic rings. The molecule has 3 nitrogen and oxygen atoms in total. The molecule has 2 heterocycles. The number of carbonyl (C=O) groups is 1. The molecule has 0 aromatic carbocycles. The number of halogens is 3. The smallest absolute Gasteiger partial charge is 0.344 e. The summed E-state index contributed by atoms with van der Waals surface area (Å²) in [7, 11) is 1.71. The second-order valence-electron chi connectivity index (χ2n) is 4.64. The number of hydrogen-bond donors (Lipinski definition) is 1. The molecule has 1 aliphatic rings. The first-order valence-corrected chi connectivity index (χ1v) is 6.94. The van der Waals surface area contributed by atoms with E-state index in [9.17, 15) is 18.0 Å². The number of likely N-dealkylation sites (N-methyl/N-ethyl adjacent to an activating group) is 1. The summed E-state index contributed by atoms with van der Waals surface area (Å²) in [5.41, 5.74) is -0.403. The van der Waals surface area contributed by atoms with Gasteiger partial charge in [0.2, 0.25) is 5.91 Å². The second-order valence-corrected chi connectivity index (χ2v) is 5.39. The lowest BCUT2D eigenvalue weighted by molar-refractivity contribution is -0.137. The van der Waals surface area contributed by atoms with Gasteiger partial charge in [0.15, 0.2) is 0 Å². The average molecular weight is 292 g/mol. The van der Waals surface area contributed by atoms with E-state index in [1.54, 1.807) is 11.9 Å². The van der Waals surface area contributed by atoms with Crippen molar-refractivity contribution >= 4 is 17.2 Å². The summed E-state index contributed by atoms with van der Waals surface area (Å²) in [6.07, 6.45) is -2.78. The van der Waals surface area contributed by atoms with Crippen molar-refractivity contribution in [3.63, 3.8) is 0 Å². The Kier molecular flexibility index (Phi) is 4.15. The number of thiophene rings is 1. The second kappa shape index (κ2) is 5.50. The highest BCUT2D eigenvalue weighted by Gasteiger charge is 2.34. The van der Waals surface area contributed by atoms with E-state index in [0.29, 0.717) is 13.0 Å². The van der Waals surface area contributed by atoms with Crippen molar-refractivity contribution in [3.8, 4) is 0 Å². The average Bonchev–Trinajstić information content (AvgIpc) is 2.79. The number of rotatable bonds is 3. The van der Waals surface area contributed by atoms with Gasteiger partial charge in [-0.15, -0.1) is 0 Å². The van der Waals surface area contributed by atoms with Gasteiger partial charge in [0.05, 0.1) is 11.6 Å². The van der Waals surface area contributed by atoms with Crippen LogP contribution >= 0.6 is 11.3 Å². The molecule has 0 bridgehead atoms. The molecule has 0 radical (unpaired) electrons. The van der Waals surface area contributed by atoms with Gasteiger partial charge in [-0.05, 0) is 23.8 Å². The SMILES string of the molecule is CN1CCCC(NCc2cscc2C(F)(F)F)C1=O. The van der Waals surface area contributed by atoms with Crippen LogP contribution in [0.15, 0.2) is 10.8 Å². The van der Waals surface area contributed by atoms with Gasteiger partial charge in [0, 0.05) is 25.5 Å². The number of carbonyl (C=O) groups excluding carboxylic acids is 1. The topological polar surface area (TPSA) is 32.3 Å². The number of piperidine rings is 1. The normalized spacial score (nSPS) is 20.9. The Morgan fingerprint density at radius 2 is 2.21 bits per heavy atom. The van der Waals surface area contributed by atoms with Crippen molar-refractivity contribution in [3.05, 3.63) is 21.9 Å². The van der Waals surface area contributed by atoms with E-state index in [0.717, 1.165) is 23.1 Å². The first-order valence-electron chi connectivity index (χ1n) is 6.00. The molecule has 19 heavy (non-hydrogen) atoms. The lowest BCUT2D eigenvalue weighted by Gasteiger charge is -2.29. The number of amides is 1. The molecular formula is C12H15F3N2OS. The zero-order valence-corrected chi connectivity index (χ0v) is 11.3. The van der Waals surface area contributed by atoms with Gasteiger partial charge in [-0.25, -0.2) is 0 Å². The first-order chi connectivity index (χ1) is 8.89. The summed E-state index contributed by atoms with van der Waals surface area (Å²) < 4.78 is 38.1. The molecule has 1 aromatic heterocycles. The molecule has 1 fully saturated rings. The zero-order chi connectivity index (χ0) is 14.0. The maximum Gasteiger partial charge on any atom is 0.417 e. The third-order valence-electron chi connectivity index (χ3n) is 3.25. The molecule has 1 N–H and O–H groups in total. The van der Waals surface area contributed by atoms with Crippen LogP contribution in [0, 0.1) is 0 Å². The molecule has 0 spiro atoms. The van der Waals surface area contributed by atoms with Crippen molar-refractivity contribution < 1.29 is 18.0 Å². The third kappa shape index (κ3) is 3.27. The molecule has 1 saturated heterocycles. The monoisotopic (exact) mass is 292 g/mol. The zero-order valence-electron chi connectivity index (χ0n) is 10.5. The molecule has 2 rings (SSSR count). The first kappa shape index (κ1) is 14.3. The Balaban J connectivity index is 1.99. The van der Waals surface area contributed by atoms with Crippen molar-refractivity contribution in [2.24, 2.45) is 0 Å². The van der Waals surface area contributed by atoms with Crippen LogP contribution in [0.3, 0.4) is 0 Å². The summed E-state index contributed by atoms with van der Waals surface area (Å²) in [6, 6.07) is -0.375. The molecule has 7 heteroatoms. The standard InChI is InChI=1S/C12H15F3N2OS/c1-17-4-2-3-10(11(17)18)16-5-8-6-19-7-9(8)12(13,14)15/h6-7,10,16H,2-5H2,1H3. The molecule has 1 aliphatic heterocycles. The van der Waals surface area contributed by atoms with Crippen molar-refractivity contribution in [1.29, 1.82) is 0 Å². The molecular weight excluding hydrogens is 277 g/mol.